The van der Waals surface area contributed by atoms with Crippen molar-refractivity contribution in [1.29, 1.82) is 0 Å². The standard InChI is InChI=1S/C16H28N2O/c1-15-7-12-6-13(8-15)10-16(9-12,11-15)14(19)18-5-3-4-17-2/h12-13,17H,3-11H2,1-2H3,(H,18,19). The minimum atomic E-state index is -0.00151. The Balaban J connectivity index is 1.64. The Bertz CT molecular complexity index is 352. The fourth-order valence-electron chi connectivity index (χ4n) is 5.64. The van der Waals surface area contributed by atoms with Crippen molar-refractivity contribution in [1.82, 2.24) is 10.6 Å². The van der Waals surface area contributed by atoms with E-state index in [9.17, 15) is 4.79 Å². The normalized spacial score (nSPS) is 43.5. The third-order valence-electron chi connectivity index (χ3n) is 5.72. The fourth-order valence-corrected chi connectivity index (χ4v) is 5.64. The van der Waals surface area contributed by atoms with Gasteiger partial charge in [-0.3, -0.25) is 4.79 Å². The van der Waals surface area contributed by atoms with Gasteiger partial charge in [-0.25, -0.2) is 0 Å². The summed E-state index contributed by atoms with van der Waals surface area (Å²) in [6.07, 6.45) is 8.64. The topological polar surface area (TPSA) is 41.1 Å². The molecule has 0 heterocycles. The Kier molecular flexibility index (Phi) is 3.36. The first-order valence-electron chi connectivity index (χ1n) is 7.98. The molecule has 2 N–H and O–H groups in total. The van der Waals surface area contributed by atoms with E-state index < -0.39 is 0 Å². The maximum absolute atomic E-state index is 12.7. The molecule has 4 saturated carbocycles. The Morgan fingerprint density at radius 1 is 1.16 bits per heavy atom. The second-order valence-electron chi connectivity index (χ2n) is 7.77. The fraction of sp³-hybridized carbons (Fsp3) is 0.938. The highest BCUT2D eigenvalue weighted by Gasteiger charge is 2.58. The molecule has 0 saturated heterocycles. The van der Waals surface area contributed by atoms with Crippen LogP contribution >= 0.6 is 0 Å². The van der Waals surface area contributed by atoms with Gasteiger partial charge in [-0.1, -0.05) is 6.92 Å². The van der Waals surface area contributed by atoms with E-state index in [2.05, 4.69) is 17.6 Å². The number of carbonyl (C=O) groups excluding carboxylic acids is 1. The molecule has 3 nitrogen and oxygen atoms in total. The third kappa shape index (κ3) is 2.42. The van der Waals surface area contributed by atoms with Crippen molar-refractivity contribution < 1.29 is 4.79 Å². The van der Waals surface area contributed by atoms with Crippen molar-refractivity contribution in [3.63, 3.8) is 0 Å². The van der Waals surface area contributed by atoms with Crippen LogP contribution < -0.4 is 10.6 Å². The van der Waals surface area contributed by atoms with Crippen LogP contribution in [-0.4, -0.2) is 26.0 Å². The second-order valence-corrected chi connectivity index (χ2v) is 7.77. The summed E-state index contributed by atoms with van der Waals surface area (Å²) in [6, 6.07) is 0. The molecule has 4 aliphatic carbocycles. The van der Waals surface area contributed by atoms with E-state index in [1.165, 1.54) is 19.3 Å². The van der Waals surface area contributed by atoms with Crippen LogP contribution in [0.2, 0.25) is 0 Å². The summed E-state index contributed by atoms with van der Waals surface area (Å²) >= 11 is 0. The van der Waals surface area contributed by atoms with Gasteiger partial charge < -0.3 is 10.6 Å². The van der Waals surface area contributed by atoms with E-state index in [1.54, 1.807) is 0 Å². The predicted molar refractivity (Wildman–Crippen MR) is 76.8 cm³/mol. The second kappa shape index (κ2) is 4.76. The number of nitrogens with one attached hydrogen (secondary N) is 2. The lowest BCUT2D eigenvalue weighted by molar-refractivity contribution is -0.155. The van der Waals surface area contributed by atoms with Crippen LogP contribution in [0, 0.1) is 22.7 Å². The molecule has 4 fully saturated rings. The highest BCUT2D eigenvalue weighted by molar-refractivity contribution is 5.83. The molecule has 0 aromatic rings. The summed E-state index contributed by atoms with van der Waals surface area (Å²) in [5.41, 5.74) is 0.463. The van der Waals surface area contributed by atoms with E-state index in [0.717, 1.165) is 50.6 Å². The van der Waals surface area contributed by atoms with Crippen LogP contribution in [-0.2, 0) is 4.79 Å². The van der Waals surface area contributed by atoms with Crippen LogP contribution in [0.1, 0.15) is 51.9 Å². The van der Waals surface area contributed by atoms with Gasteiger partial charge in [-0.15, -0.1) is 0 Å². The van der Waals surface area contributed by atoms with Crippen molar-refractivity contribution in [2.24, 2.45) is 22.7 Å². The van der Waals surface area contributed by atoms with E-state index in [4.69, 9.17) is 0 Å². The summed E-state index contributed by atoms with van der Waals surface area (Å²) in [4.78, 5) is 12.7. The van der Waals surface area contributed by atoms with Crippen LogP contribution in [0.15, 0.2) is 0 Å². The average Bonchev–Trinajstić information content (AvgIpc) is 2.31. The molecule has 1 amide bonds. The molecule has 0 aliphatic heterocycles. The first-order valence-corrected chi connectivity index (χ1v) is 7.98. The summed E-state index contributed by atoms with van der Waals surface area (Å²) in [5.74, 6) is 2.02. The molecule has 4 rings (SSSR count). The van der Waals surface area contributed by atoms with Crippen LogP contribution in [0.3, 0.4) is 0 Å². The summed E-state index contributed by atoms with van der Waals surface area (Å²) in [7, 11) is 1.96. The molecule has 2 unspecified atom stereocenters. The molecular formula is C16H28N2O. The van der Waals surface area contributed by atoms with Gasteiger partial charge in [0.15, 0.2) is 0 Å². The molecule has 0 spiro atoms. The molecule has 19 heavy (non-hydrogen) atoms. The molecule has 0 aromatic carbocycles. The van der Waals surface area contributed by atoms with Gasteiger partial charge in [-0.05, 0) is 75.8 Å². The first kappa shape index (κ1) is 13.4. The Morgan fingerprint density at radius 3 is 2.42 bits per heavy atom. The molecule has 0 aromatic heterocycles. The van der Waals surface area contributed by atoms with Crippen LogP contribution in [0.4, 0.5) is 0 Å². The zero-order valence-corrected chi connectivity index (χ0v) is 12.4. The van der Waals surface area contributed by atoms with Gasteiger partial charge in [0.25, 0.3) is 0 Å². The number of carbonyl (C=O) groups is 1. The number of hydrogen-bond donors (Lipinski definition) is 2. The maximum atomic E-state index is 12.7. The highest BCUT2D eigenvalue weighted by atomic mass is 16.2. The lowest BCUT2D eigenvalue weighted by Crippen LogP contribution is -2.56. The molecular weight excluding hydrogens is 236 g/mol. The zero-order valence-electron chi connectivity index (χ0n) is 12.4. The highest BCUT2D eigenvalue weighted by Crippen LogP contribution is 2.65. The van der Waals surface area contributed by atoms with E-state index in [1.807, 2.05) is 7.05 Å². The molecule has 3 heteroatoms. The quantitative estimate of drug-likeness (QED) is 0.748. The van der Waals surface area contributed by atoms with Gasteiger partial charge in [0, 0.05) is 6.54 Å². The minimum Gasteiger partial charge on any atom is -0.356 e. The first-order chi connectivity index (χ1) is 9.05. The molecule has 4 aliphatic rings. The number of amides is 1. The lowest BCUT2D eigenvalue weighted by atomic mass is 9.44. The van der Waals surface area contributed by atoms with Crippen LogP contribution in [0.5, 0.6) is 0 Å². The lowest BCUT2D eigenvalue weighted by Gasteiger charge is -2.60. The molecule has 2 atom stereocenters. The zero-order chi connectivity index (χ0) is 13.5. The molecule has 108 valence electrons. The largest absolute Gasteiger partial charge is 0.356 e. The monoisotopic (exact) mass is 264 g/mol. The Hall–Kier alpha value is -0.570. The summed E-state index contributed by atoms with van der Waals surface area (Å²) < 4.78 is 0. The molecule has 0 radical (unpaired) electrons. The Morgan fingerprint density at radius 2 is 1.84 bits per heavy atom. The summed E-state index contributed by atoms with van der Waals surface area (Å²) in [6.45, 7) is 4.23. The van der Waals surface area contributed by atoms with E-state index >= 15 is 0 Å². The van der Waals surface area contributed by atoms with Crippen molar-refractivity contribution in [3.8, 4) is 0 Å². The van der Waals surface area contributed by atoms with Gasteiger partial charge in [0.1, 0.15) is 0 Å². The van der Waals surface area contributed by atoms with E-state index in [-0.39, 0.29) is 5.41 Å². The van der Waals surface area contributed by atoms with Gasteiger partial charge in [-0.2, -0.15) is 0 Å². The van der Waals surface area contributed by atoms with Crippen molar-refractivity contribution >= 4 is 5.91 Å². The third-order valence-corrected chi connectivity index (χ3v) is 5.72. The summed E-state index contributed by atoms with van der Waals surface area (Å²) in [5, 5.41) is 6.34. The predicted octanol–water partition coefficient (Wildman–Crippen LogP) is 2.32. The van der Waals surface area contributed by atoms with Gasteiger partial charge in [0.05, 0.1) is 5.41 Å². The van der Waals surface area contributed by atoms with Gasteiger partial charge >= 0.3 is 0 Å². The van der Waals surface area contributed by atoms with E-state index in [0.29, 0.717) is 11.3 Å². The van der Waals surface area contributed by atoms with Crippen LogP contribution in [0.25, 0.3) is 0 Å². The number of rotatable bonds is 5. The van der Waals surface area contributed by atoms with Crippen molar-refractivity contribution in [2.75, 3.05) is 20.1 Å². The molecule has 4 bridgehead atoms. The minimum absolute atomic E-state index is 0.00151. The Labute approximate surface area is 116 Å². The van der Waals surface area contributed by atoms with Crippen molar-refractivity contribution in [2.45, 2.75) is 51.9 Å². The van der Waals surface area contributed by atoms with Gasteiger partial charge in [0.2, 0.25) is 5.91 Å². The maximum Gasteiger partial charge on any atom is 0.226 e. The number of hydrogen-bond acceptors (Lipinski definition) is 2. The van der Waals surface area contributed by atoms with Crippen molar-refractivity contribution in [3.05, 3.63) is 0 Å². The SMILES string of the molecule is CNCCCNC(=O)C12CC3CC(CC(C)(C3)C1)C2. The average molecular weight is 264 g/mol. The smallest absolute Gasteiger partial charge is 0.226 e.